The van der Waals surface area contributed by atoms with Crippen LogP contribution in [0.25, 0.3) is 0 Å². The summed E-state index contributed by atoms with van der Waals surface area (Å²) >= 11 is 0. The number of phenols is 1. The summed E-state index contributed by atoms with van der Waals surface area (Å²) in [7, 11) is 0. The van der Waals surface area contributed by atoms with Crippen LogP contribution in [0.5, 0.6) is 5.75 Å². The molecule has 3 atom stereocenters. The molecule has 7 N–H and O–H groups in total. The van der Waals surface area contributed by atoms with Crippen molar-refractivity contribution in [1.29, 1.82) is 0 Å². The fraction of sp³-hybridized carbons (Fsp3) is 0.385. The number of carbonyl (C=O) groups excluding carboxylic acids is 3. The summed E-state index contributed by atoms with van der Waals surface area (Å²) in [5.41, 5.74) is 15.7. The number of aromatic hydroxyl groups is 1. The summed E-state index contributed by atoms with van der Waals surface area (Å²) in [5, 5.41) is 21.8. The molecule has 1 aliphatic rings. The highest BCUT2D eigenvalue weighted by Gasteiger charge is 2.38. The van der Waals surface area contributed by atoms with Crippen molar-refractivity contribution in [3.8, 4) is 5.75 Å². The number of primary amides is 1. The van der Waals surface area contributed by atoms with E-state index in [0.717, 1.165) is 27.8 Å². The molecule has 0 radical (unpaired) electrons. The highest BCUT2D eigenvalue weighted by molar-refractivity contribution is 5.92. The molecule has 2 aromatic rings. The van der Waals surface area contributed by atoms with Gasteiger partial charge in [0.05, 0.1) is 6.04 Å². The van der Waals surface area contributed by atoms with Gasteiger partial charge in [0.2, 0.25) is 17.7 Å². The van der Waals surface area contributed by atoms with Crippen LogP contribution in [0.3, 0.4) is 0 Å². The number of nitrogens with one attached hydrogen (secondary N) is 1. The molecular weight excluding hydrogens is 464 g/mol. The van der Waals surface area contributed by atoms with Crippen molar-refractivity contribution in [1.82, 2.24) is 10.2 Å². The van der Waals surface area contributed by atoms with E-state index in [-0.39, 0.29) is 38.0 Å². The van der Waals surface area contributed by atoms with Gasteiger partial charge in [0.1, 0.15) is 17.8 Å². The average Bonchev–Trinajstić information content (AvgIpc) is 2.81. The van der Waals surface area contributed by atoms with Crippen LogP contribution in [-0.4, -0.2) is 56.9 Å². The Bertz CT molecular complexity index is 1160. The molecule has 10 heteroatoms. The number of nitrogens with zero attached hydrogens (tertiary/aromatic N) is 1. The Kier molecular flexibility index (Phi) is 8.31. The van der Waals surface area contributed by atoms with Crippen LogP contribution < -0.4 is 16.8 Å². The zero-order valence-corrected chi connectivity index (χ0v) is 20.4. The van der Waals surface area contributed by atoms with Crippen molar-refractivity contribution in [3.63, 3.8) is 0 Å². The van der Waals surface area contributed by atoms with Crippen LogP contribution in [0.4, 0.5) is 0 Å². The molecule has 0 spiro atoms. The predicted molar refractivity (Wildman–Crippen MR) is 132 cm³/mol. The number of rotatable bonds is 9. The fourth-order valence-electron chi connectivity index (χ4n) is 4.61. The Morgan fingerprint density at radius 3 is 2.31 bits per heavy atom. The molecule has 0 bridgehead atoms. The molecule has 1 aliphatic heterocycles. The lowest BCUT2D eigenvalue weighted by Crippen LogP contribution is -2.58. The van der Waals surface area contributed by atoms with Gasteiger partial charge in [-0.1, -0.05) is 24.3 Å². The summed E-state index contributed by atoms with van der Waals surface area (Å²) in [6.07, 6.45) is 0.0374. The van der Waals surface area contributed by atoms with Gasteiger partial charge >= 0.3 is 5.97 Å². The number of carbonyl (C=O) groups is 4. The SMILES string of the molecule is Cc1cc(O)cc(C)c1C[C@H](N)C(=O)N1Cc2ccccc2C[C@H]1C(=O)N[C@@H](CCC(N)=O)C(=O)O. The number of hydrogen-bond acceptors (Lipinski definition) is 6. The van der Waals surface area contributed by atoms with E-state index in [1.54, 1.807) is 12.1 Å². The number of phenolic OH excluding ortho intramolecular Hbond substituents is 1. The molecule has 3 amide bonds. The first-order valence-corrected chi connectivity index (χ1v) is 11.7. The van der Waals surface area contributed by atoms with E-state index in [0.29, 0.717) is 0 Å². The Hall–Kier alpha value is -3.92. The molecule has 0 fully saturated rings. The second kappa shape index (κ2) is 11.2. The second-order valence-electron chi connectivity index (χ2n) is 9.23. The molecule has 0 saturated carbocycles. The maximum Gasteiger partial charge on any atom is 0.326 e. The number of benzene rings is 2. The van der Waals surface area contributed by atoms with Gasteiger partial charge in [-0.3, -0.25) is 14.4 Å². The lowest BCUT2D eigenvalue weighted by Gasteiger charge is -2.38. The zero-order chi connectivity index (χ0) is 26.6. The van der Waals surface area contributed by atoms with Gasteiger partial charge in [-0.25, -0.2) is 4.79 Å². The van der Waals surface area contributed by atoms with Crippen LogP contribution in [0.2, 0.25) is 0 Å². The molecular formula is C26H32N4O6. The molecule has 192 valence electrons. The van der Waals surface area contributed by atoms with Crippen molar-refractivity contribution in [2.75, 3.05) is 0 Å². The molecule has 1 heterocycles. The van der Waals surface area contributed by atoms with Crippen molar-refractivity contribution >= 4 is 23.7 Å². The van der Waals surface area contributed by atoms with Crippen LogP contribution in [0.1, 0.15) is 40.7 Å². The van der Waals surface area contributed by atoms with E-state index < -0.39 is 41.8 Å². The average molecular weight is 497 g/mol. The van der Waals surface area contributed by atoms with Gasteiger partial charge in [-0.05, 0) is 66.6 Å². The van der Waals surface area contributed by atoms with E-state index >= 15 is 0 Å². The number of carboxylic acid groups (broad SMARTS) is 1. The highest BCUT2D eigenvalue weighted by Crippen LogP contribution is 2.26. The summed E-state index contributed by atoms with van der Waals surface area (Å²) in [6, 6.07) is 7.35. The summed E-state index contributed by atoms with van der Waals surface area (Å²) < 4.78 is 0. The summed E-state index contributed by atoms with van der Waals surface area (Å²) in [4.78, 5) is 51.0. The van der Waals surface area contributed by atoms with Gasteiger partial charge in [-0.2, -0.15) is 0 Å². The molecule has 0 aliphatic carbocycles. The minimum absolute atomic E-state index is 0.127. The number of amides is 3. The van der Waals surface area contributed by atoms with E-state index in [1.165, 1.54) is 4.90 Å². The standard InChI is InChI=1S/C26H32N4O6/c1-14-9-18(31)10-15(2)19(14)12-20(27)25(34)30-13-17-6-4-3-5-16(17)11-22(30)24(33)29-21(26(35)36)7-8-23(28)32/h3-6,9-10,20-22,31H,7-8,11-13,27H2,1-2H3,(H2,28,32)(H,29,33)(H,35,36)/t20-,21-,22-/m0/s1. The lowest BCUT2D eigenvalue weighted by atomic mass is 9.91. The van der Waals surface area contributed by atoms with Gasteiger partial charge in [0, 0.05) is 19.4 Å². The lowest BCUT2D eigenvalue weighted by molar-refractivity contribution is -0.146. The van der Waals surface area contributed by atoms with E-state index in [1.807, 2.05) is 38.1 Å². The summed E-state index contributed by atoms with van der Waals surface area (Å²) in [5.74, 6) is -2.93. The number of aryl methyl sites for hydroxylation is 2. The Morgan fingerprint density at radius 2 is 1.72 bits per heavy atom. The predicted octanol–water partition coefficient (Wildman–Crippen LogP) is 0.667. The number of nitrogens with two attached hydrogens (primary N) is 2. The maximum absolute atomic E-state index is 13.5. The normalized spacial score (nSPS) is 16.5. The third kappa shape index (κ3) is 6.19. The summed E-state index contributed by atoms with van der Waals surface area (Å²) in [6.45, 7) is 3.79. The Labute approximate surface area is 209 Å². The van der Waals surface area contributed by atoms with Crippen LogP contribution in [0, 0.1) is 13.8 Å². The fourth-order valence-corrected chi connectivity index (χ4v) is 4.61. The number of carboxylic acids is 1. The largest absolute Gasteiger partial charge is 0.508 e. The monoisotopic (exact) mass is 496 g/mol. The van der Waals surface area contributed by atoms with Crippen molar-refractivity contribution < 1.29 is 29.4 Å². The Morgan fingerprint density at radius 1 is 1.11 bits per heavy atom. The van der Waals surface area contributed by atoms with E-state index in [4.69, 9.17) is 11.5 Å². The topological polar surface area (TPSA) is 176 Å². The van der Waals surface area contributed by atoms with Gasteiger partial charge in [-0.15, -0.1) is 0 Å². The molecule has 3 rings (SSSR count). The van der Waals surface area contributed by atoms with Crippen LogP contribution >= 0.6 is 0 Å². The molecule has 2 aromatic carbocycles. The zero-order valence-electron chi connectivity index (χ0n) is 20.4. The van der Waals surface area contributed by atoms with Crippen molar-refractivity contribution in [3.05, 3.63) is 64.2 Å². The quantitative estimate of drug-likeness (QED) is 0.339. The first-order chi connectivity index (χ1) is 17.0. The minimum atomic E-state index is -1.32. The van der Waals surface area contributed by atoms with Crippen LogP contribution in [-0.2, 0) is 38.6 Å². The molecule has 0 unspecified atom stereocenters. The number of aliphatic carboxylic acids is 1. The first kappa shape index (κ1) is 26.7. The van der Waals surface area contributed by atoms with E-state index in [2.05, 4.69) is 5.32 Å². The smallest absolute Gasteiger partial charge is 0.326 e. The molecule has 36 heavy (non-hydrogen) atoms. The van der Waals surface area contributed by atoms with Crippen molar-refractivity contribution in [2.45, 2.75) is 64.2 Å². The Balaban J connectivity index is 1.85. The van der Waals surface area contributed by atoms with E-state index in [9.17, 15) is 29.4 Å². The first-order valence-electron chi connectivity index (χ1n) is 11.7. The maximum atomic E-state index is 13.5. The van der Waals surface area contributed by atoms with Gasteiger partial charge in [0.25, 0.3) is 0 Å². The highest BCUT2D eigenvalue weighted by atomic mass is 16.4. The van der Waals surface area contributed by atoms with Gasteiger partial charge < -0.3 is 31.9 Å². The molecule has 10 nitrogen and oxygen atoms in total. The van der Waals surface area contributed by atoms with Crippen LogP contribution in [0.15, 0.2) is 36.4 Å². The number of fused-ring (bicyclic) bond motifs is 1. The molecule has 0 aromatic heterocycles. The third-order valence-corrected chi connectivity index (χ3v) is 6.55. The minimum Gasteiger partial charge on any atom is -0.508 e. The second-order valence-corrected chi connectivity index (χ2v) is 9.23. The number of hydrogen-bond donors (Lipinski definition) is 5. The van der Waals surface area contributed by atoms with Gasteiger partial charge in [0.15, 0.2) is 0 Å². The third-order valence-electron chi connectivity index (χ3n) is 6.55. The molecule has 0 saturated heterocycles. The van der Waals surface area contributed by atoms with Crippen molar-refractivity contribution in [2.24, 2.45) is 11.5 Å².